The maximum Gasteiger partial charge on any atom is 0.0404 e. The minimum Gasteiger partial charge on any atom is -0.122 e. The predicted molar refractivity (Wildman–Crippen MR) is 71.2 cm³/mol. The average molecular weight is 237 g/mol. The Kier molecular flexibility index (Phi) is 3.91. The van der Waals surface area contributed by atoms with Crippen LogP contribution in [0.1, 0.15) is 50.2 Å². The number of benzene rings is 1. The lowest BCUT2D eigenvalue weighted by molar-refractivity contribution is 0.644. The molecular formula is C15H21Cl. The molecule has 1 aromatic rings. The number of halogens is 1. The maximum absolute atomic E-state index is 6.37. The van der Waals surface area contributed by atoms with Gasteiger partial charge in [-0.15, -0.1) is 11.6 Å². The van der Waals surface area contributed by atoms with Gasteiger partial charge in [0.15, 0.2) is 0 Å². The topological polar surface area (TPSA) is 0 Å². The Morgan fingerprint density at radius 1 is 1.31 bits per heavy atom. The van der Waals surface area contributed by atoms with Gasteiger partial charge in [0.2, 0.25) is 0 Å². The molecule has 0 bridgehead atoms. The quantitative estimate of drug-likeness (QED) is 0.664. The summed E-state index contributed by atoms with van der Waals surface area (Å²) >= 11 is 6.37. The molecule has 2 unspecified atom stereocenters. The molecule has 1 heteroatoms. The summed E-state index contributed by atoms with van der Waals surface area (Å²) in [5.74, 6) is 1.32. The summed E-state index contributed by atoms with van der Waals surface area (Å²) in [6, 6.07) is 9.04. The number of alkyl halides is 1. The van der Waals surface area contributed by atoms with E-state index in [1.165, 1.54) is 36.8 Å². The monoisotopic (exact) mass is 236 g/mol. The van der Waals surface area contributed by atoms with Gasteiger partial charge in [-0.05, 0) is 36.3 Å². The second-order valence-electron chi connectivity index (χ2n) is 5.40. The van der Waals surface area contributed by atoms with Crippen LogP contribution in [0.4, 0.5) is 0 Å². The third-order valence-electron chi connectivity index (χ3n) is 3.45. The Morgan fingerprint density at radius 3 is 2.75 bits per heavy atom. The molecule has 1 aliphatic rings. The lowest BCUT2D eigenvalue weighted by Crippen LogP contribution is -2.05. The van der Waals surface area contributed by atoms with Crippen LogP contribution in [0.3, 0.4) is 0 Å². The summed E-state index contributed by atoms with van der Waals surface area (Å²) < 4.78 is 0. The van der Waals surface area contributed by atoms with Crippen LogP contribution in [0.25, 0.3) is 0 Å². The predicted octanol–water partition coefficient (Wildman–Crippen LogP) is 4.76. The minimum absolute atomic E-state index is 0.356. The van der Waals surface area contributed by atoms with Crippen molar-refractivity contribution in [2.45, 2.75) is 50.8 Å². The Labute approximate surface area is 104 Å². The second-order valence-corrected chi connectivity index (χ2v) is 5.96. The van der Waals surface area contributed by atoms with Crippen molar-refractivity contribution < 1.29 is 0 Å². The fourth-order valence-corrected chi connectivity index (χ4v) is 3.14. The molecule has 1 aromatic carbocycles. The molecule has 1 fully saturated rings. The fraction of sp³-hybridized carbons (Fsp3) is 0.600. The third-order valence-corrected chi connectivity index (χ3v) is 3.98. The van der Waals surface area contributed by atoms with Crippen LogP contribution in [0.5, 0.6) is 0 Å². The molecule has 0 heterocycles. The molecule has 0 saturated heterocycles. The Hall–Kier alpha value is -0.490. The summed E-state index contributed by atoms with van der Waals surface area (Å²) in [5.41, 5.74) is 2.92. The molecule has 1 saturated carbocycles. The van der Waals surface area contributed by atoms with Crippen LogP contribution < -0.4 is 0 Å². The van der Waals surface area contributed by atoms with Crippen molar-refractivity contribution in [3.63, 3.8) is 0 Å². The van der Waals surface area contributed by atoms with E-state index >= 15 is 0 Å². The standard InChI is InChI=1S/C15H21Cl/c1-11(2)9-12-5-3-6-13(10-12)14-7-4-8-15(14)16/h3,5-6,10-11,14-15H,4,7-9H2,1-2H3. The van der Waals surface area contributed by atoms with Crippen LogP contribution in [0.2, 0.25) is 0 Å². The van der Waals surface area contributed by atoms with E-state index in [4.69, 9.17) is 11.6 Å². The van der Waals surface area contributed by atoms with E-state index in [1.807, 2.05) is 0 Å². The molecule has 2 rings (SSSR count). The zero-order valence-corrected chi connectivity index (χ0v) is 11.0. The van der Waals surface area contributed by atoms with Crippen molar-refractivity contribution in [2.75, 3.05) is 0 Å². The van der Waals surface area contributed by atoms with E-state index in [-0.39, 0.29) is 0 Å². The molecule has 0 nitrogen and oxygen atoms in total. The highest BCUT2D eigenvalue weighted by Crippen LogP contribution is 2.38. The van der Waals surface area contributed by atoms with Gasteiger partial charge in [0.25, 0.3) is 0 Å². The van der Waals surface area contributed by atoms with Crippen LogP contribution in [-0.4, -0.2) is 5.38 Å². The van der Waals surface area contributed by atoms with E-state index < -0.39 is 0 Å². The van der Waals surface area contributed by atoms with Gasteiger partial charge in [0.1, 0.15) is 0 Å². The Bertz CT molecular complexity index is 343. The molecule has 1 aliphatic carbocycles. The largest absolute Gasteiger partial charge is 0.122 e. The average Bonchev–Trinajstić information content (AvgIpc) is 2.64. The maximum atomic E-state index is 6.37. The molecular weight excluding hydrogens is 216 g/mol. The fourth-order valence-electron chi connectivity index (χ4n) is 2.71. The highest BCUT2D eigenvalue weighted by Gasteiger charge is 2.26. The summed E-state index contributed by atoms with van der Waals surface area (Å²) in [4.78, 5) is 0. The van der Waals surface area contributed by atoms with Gasteiger partial charge in [-0.25, -0.2) is 0 Å². The minimum atomic E-state index is 0.356. The van der Waals surface area contributed by atoms with Crippen molar-refractivity contribution in [3.05, 3.63) is 35.4 Å². The first kappa shape index (κ1) is 12.0. The van der Waals surface area contributed by atoms with Crippen LogP contribution in [0.15, 0.2) is 24.3 Å². The van der Waals surface area contributed by atoms with E-state index in [9.17, 15) is 0 Å². The van der Waals surface area contributed by atoms with Crippen LogP contribution >= 0.6 is 11.6 Å². The summed E-state index contributed by atoms with van der Waals surface area (Å²) in [5, 5.41) is 0.356. The summed E-state index contributed by atoms with van der Waals surface area (Å²) in [6.07, 6.45) is 4.90. The molecule has 88 valence electrons. The van der Waals surface area contributed by atoms with Crippen molar-refractivity contribution in [1.29, 1.82) is 0 Å². The lowest BCUT2D eigenvalue weighted by atomic mass is 9.93. The molecule has 0 radical (unpaired) electrons. The van der Waals surface area contributed by atoms with E-state index in [1.54, 1.807) is 0 Å². The van der Waals surface area contributed by atoms with Crippen LogP contribution in [0, 0.1) is 5.92 Å². The first-order valence-electron chi connectivity index (χ1n) is 6.39. The van der Waals surface area contributed by atoms with Crippen molar-refractivity contribution in [2.24, 2.45) is 5.92 Å². The van der Waals surface area contributed by atoms with Crippen LogP contribution in [-0.2, 0) is 6.42 Å². The Balaban J connectivity index is 2.15. The van der Waals surface area contributed by atoms with E-state index in [0.717, 1.165) is 5.92 Å². The van der Waals surface area contributed by atoms with Gasteiger partial charge in [0.05, 0.1) is 0 Å². The molecule has 2 atom stereocenters. The molecule has 16 heavy (non-hydrogen) atoms. The van der Waals surface area contributed by atoms with Crippen molar-refractivity contribution in [3.8, 4) is 0 Å². The van der Waals surface area contributed by atoms with Gasteiger partial charge in [-0.1, -0.05) is 44.5 Å². The van der Waals surface area contributed by atoms with Crippen molar-refractivity contribution in [1.82, 2.24) is 0 Å². The number of rotatable bonds is 3. The number of hydrogen-bond donors (Lipinski definition) is 0. The summed E-state index contributed by atoms with van der Waals surface area (Å²) in [6.45, 7) is 4.54. The smallest absolute Gasteiger partial charge is 0.0404 e. The zero-order chi connectivity index (χ0) is 11.5. The van der Waals surface area contributed by atoms with E-state index in [0.29, 0.717) is 11.3 Å². The first-order valence-corrected chi connectivity index (χ1v) is 6.83. The molecule has 0 spiro atoms. The van der Waals surface area contributed by atoms with Gasteiger partial charge >= 0.3 is 0 Å². The van der Waals surface area contributed by atoms with Gasteiger partial charge in [-0.2, -0.15) is 0 Å². The SMILES string of the molecule is CC(C)Cc1cccc(C2CCCC2Cl)c1. The van der Waals surface area contributed by atoms with Gasteiger partial charge < -0.3 is 0 Å². The van der Waals surface area contributed by atoms with Crippen molar-refractivity contribution >= 4 is 11.6 Å². The van der Waals surface area contributed by atoms with E-state index in [2.05, 4.69) is 38.1 Å². The molecule has 0 N–H and O–H groups in total. The van der Waals surface area contributed by atoms with Gasteiger partial charge in [-0.3, -0.25) is 0 Å². The highest BCUT2D eigenvalue weighted by molar-refractivity contribution is 6.21. The van der Waals surface area contributed by atoms with Gasteiger partial charge in [0, 0.05) is 11.3 Å². The first-order chi connectivity index (χ1) is 7.66. The summed E-state index contributed by atoms with van der Waals surface area (Å²) in [7, 11) is 0. The normalized spacial score (nSPS) is 25.2. The zero-order valence-electron chi connectivity index (χ0n) is 10.2. The number of hydrogen-bond acceptors (Lipinski definition) is 0. The molecule has 0 amide bonds. The second kappa shape index (κ2) is 5.23. The molecule has 0 aromatic heterocycles. The molecule has 0 aliphatic heterocycles. The Morgan fingerprint density at radius 2 is 2.12 bits per heavy atom. The lowest BCUT2D eigenvalue weighted by Gasteiger charge is -2.15. The third kappa shape index (κ3) is 2.79. The highest BCUT2D eigenvalue weighted by atomic mass is 35.5.